The number of nitrogens with one attached hydrogen (secondary N) is 1. The monoisotopic (exact) mass is 274 g/mol. The predicted octanol–water partition coefficient (Wildman–Crippen LogP) is 3.48. The van der Waals surface area contributed by atoms with Gasteiger partial charge in [0.2, 0.25) is 5.91 Å². The molecule has 110 valence electrons. The Hall–Kier alpha value is -1.51. The maximum atomic E-state index is 12.5. The lowest BCUT2D eigenvalue weighted by molar-refractivity contribution is -0.134. The summed E-state index contributed by atoms with van der Waals surface area (Å²) in [5, 5.41) is 3.38. The van der Waals surface area contributed by atoms with Gasteiger partial charge in [0, 0.05) is 37.7 Å². The molecule has 1 aromatic rings. The molecule has 2 atom stereocenters. The highest BCUT2D eigenvalue weighted by Gasteiger charge is 2.30. The molecule has 1 aliphatic rings. The molecule has 0 aliphatic carbocycles. The van der Waals surface area contributed by atoms with Gasteiger partial charge in [-0.2, -0.15) is 0 Å². The van der Waals surface area contributed by atoms with E-state index in [1.165, 1.54) is 11.3 Å². The second-order valence-corrected chi connectivity index (χ2v) is 6.92. The van der Waals surface area contributed by atoms with Crippen LogP contribution in [0.25, 0.3) is 0 Å². The summed E-state index contributed by atoms with van der Waals surface area (Å²) in [7, 11) is 1.92. The van der Waals surface area contributed by atoms with Crippen LogP contribution in [0.1, 0.15) is 45.6 Å². The van der Waals surface area contributed by atoms with E-state index in [1.807, 2.05) is 24.1 Å². The lowest BCUT2D eigenvalue weighted by Crippen LogP contribution is -2.43. The van der Waals surface area contributed by atoms with E-state index >= 15 is 0 Å². The molecule has 1 aromatic carbocycles. The van der Waals surface area contributed by atoms with E-state index in [9.17, 15) is 4.79 Å². The van der Waals surface area contributed by atoms with Gasteiger partial charge in [0.25, 0.3) is 0 Å². The number of para-hydroxylation sites is 1. The average molecular weight is 274 g/mol. The molecular weight excluding hydrogens is 248 g/mol. The zero-order valence-electron chi connectivity index (χ0n) is 13.2. The zero-order valence-corrected chi connectivity index (χ0v) is 13.2. The van der Waals surface area contributed by atoms with Crippen molar-refractivity contribution in [2.75, 3.05) is 18.9 Å². The molecule has 1 heterocycles. The molecule has 20 heavy (non-hydrogen) atoms. The number of fused-ring (bicyclic) bond motifs is 1. The highest BCUT2D eigenvalue weighted by molar-refractivity contribution is 5.78. The Balaban J connectivity index is 2.03. The van der Waals surface area contributed by atoms with Crippen LogP contribution in [-0.2, 0) is 4.79 Å². The largest absolute Gasteiger partial charge is 0.384 e. The third-order valence-electron chi connectivity index (χ3n) is 4.59. The minimum Gasteiger partial charge on any atom is -0.384 e. The number of benzene rings is 1. The molecule has 0 fully saturated rings. The standard InChI is InChI=1S/C17H26N2O/c1-12(17(2,3)4)19(5)16(20)10-13-11-18-15-9-7-6-8-14(13)15/h6-9,12-13,18H,10-11H2,1-5H3. The number of hydrogen-bond acceptors (Lipinski definition) is 2. The van der Waals surface area contributed by atoms with Crippen molar-refractivity contribution in [1.82, 2.24) is 4.90 Å². The predicted molar refractivity (Wildman–Crippen MR) is 84.0 cm³/mol. The molecule has 2 rings (SSSR count). The molecule has 3 nitrogen and oxygen atoms in total. The fraction of sp³-hybridized carbons (Fsp3) is 0.588. The van der Waals surface area contributed by atoms with E-state index in [0.717, 1.165) is 6.54 Å². The van der Waals surface area contributed by atoms with Crippen LogP contribution in [0.2, 0.25) is 0 Å². The van der Waals surface area contributed by atoms with Crippen molar-refractivity contribution in [2.45, 2.75) is 46.1 Å². The van der Waals surface area contributed by atoms with Gasteiger partial charge in [0.15, 0.2) is 0 Å². The Morgan fingerprint density at radius 3 is 2.70 bits per heavy atom. The molecule has 0 radical (unpaired) electrons. The molecule has 0 saturated carbocycles. The number of hydrogen-bond donors (Lipinski definition) is 1. The van der Waals surface area contributed by atoms with Crippen LogP contribution in [0.15, 0.2) is 24.3 Å². The molecule has 1 N–H and O–H groups in total. The van der Waals surface area contributed by atoms with Crippen LogP contribution in [-0.4, -0.2) is 30.4 Å². The van der Waals surface area contributed by atoms with E-state index in [0.29, 0.717) is 12.3 Å². The van der Waals surface area contributed by atoms with E-state index in [-0.39, 0.29) is 17.4 Å². The lowest BCUT2D eigenvalue weighted by Gasteiger charge is -2.35. The fourth-order valence-corrected chi connectivity index (χ4v) is 2.69. The quantitative estimate of drug-likeness (QED) is 0.915. The SMILES string of the molecule is CC(N(C)C(=O)CC1CNc2ccccc21)C(C)(C)C. The minimum atomic E-state index is 0.107. The van der Waals surface area contributed by atoms with Crippen LogP contribution in [0.4, 0.5) is 5.69 Å². The summed E-state index contributed by atoms with van der Waals surface area (Å²) in [5.41, 5.74) is 2.56. The molecule has 1 aliphatic heterocycles. The summed E-state index contributed by atoms with van der Waals surface area (Å²) < 4.78 is 0. The average Bonchev–Trinajstić information content (AvgIpc) is 2.79. The first kappa shape index (κ1) is 14.9. The summed E-state index contributed by atoms with van der Waals surface area (Å²) in [6.45, 7) is 9.51. The fourth-order valence-electron chi connectivity index (χ4n) is 2.69. The van der Waals surface area contributed by atoms with Gasteiger partial charge < -0.3 is 10.2 Å². The Bertz CT molecular complexity index is 490. The summed E-state index contributed by atoms with van der Waals surface area (Å²) >= 11 is 0. The second kappa shape index (κ2) is 5.47. The number of rotatable bonds is 3. The molecule has 0 saturated heterocycles. The van der Waals surface area contributed by atoms with Gasteiger partial charge in [0.1, 0.15) is 0 Å². The topological polar surface area (TPSA) is 32.3 Å². The van der Waals surface area contributed by atoms with Crippen molar-refractivity contribution in [3.8, 4) is 0 Å². The van der Waals surface area contributed by atoms with Gasteiger partial charge in [-0.25, -0.2) is 0 Å². The van der Waals surface area contributed by atoms with Gasteiger partial charge in [-0.05, 0) is 24.0 Å². The highest BCUT2D eigenvalue weighted by atomic mass is 16.2. The Morgan fingerprint density at radius 2 is 2.05 bits per heavy atom. The maximum absolute atomic E-state index is 12.5. The Labute approximate surface area is 122 Å². The summed E-state index contributed by atoms with van der Waals surface area (Å²) in [6.07, 6.45) is 0.584. The van der Waals surface area contributed by atoms with Crippen molar-refractivity contribution in [3.05, 3.63) is 29.8 Å². The van der Waals surface area contributed by atoms with Crippen LogP contribution in [0.5, 0.6) is 0 Å². The van der Waals surface area contributed by atoms with Gasteiger partial charge in [-0.3, -0.25) is 4.79 Å². The smallest absolute Gasteiger partial charge is 0.223 e. The number of carbonyl (C=O) groups is 1. The molecule has 0 aromatic heterocycles. The third-order valence-corrected chi connectivity index (χ3v) is 4.59. The Morgan fingerprint density at radius 1 is 1.40 bits per heavy atom. The van der Waals surface area contributed by atoms with Crippen molar-refractivity contribution in [1.29, 1.82) is 0 Å². The maximum Gasteiger partial charge on any atom is 0.223 e. The second-order valence-electron chi connectivity index (χ2n) is 6.92. The van der Waals surface area contributed by atoms with Crippen molar-refractivity contribution in [3.63, 3.8) is 0 Å². The van der Waals surface area contributed by atoms with E-state index in [4.69, 9.17) is 0 Å². The molecule has 3 heteroatoms. The third kappa shape index (κ3) is 2.97. The van der Waals surface area contributed by atoms with Crippen LogP contribution >= 0.6 is 0 Å². The number of carbonyl (C=O) groups excluding carboxylic acids is 1. The van der Waals surface area contributed by atoms with Gasteiger partial charge in [-0.15, -0.1) is 0 Å². The number of nitrogens with zero attached hydrogens (tertiary/aromatic N) is 1. The van der Waals surface area contributed by atoms with Crippen LogP contribution in [0, 0.1) is 5.41 Å². The first-order valence-corrected chi connectivity index (χ1v) is 7.39. The van der Waals surface area contributed by atoms with Crippen molar-refractivity contribution < 1.29 is 4.79 Å². The highest BCUT2D eigenvalue weighted by Crippen LogP contribution is 2.34. The van der Waals surface area contributed by atoms with Crippen molar-refractivity contribution >= 4 is 11.6 Å². The van der Waals surface area contributed by atoms with E-state index in [2.05, 4.69) is 45.1 Å². The summed E-state index contributed by atoms with van der Waals surface area (Å²) in [4.78, 5) is 14.4. The molecule has 0 bridgehead atoms. The van der Waals surface area contributed by atoms with Gasteiger partial charge in [-0.1, -0.05) is 39.0 Å². The summed E-state index contributed by atoms with van der Waals surface area (Å²) in [5.74, 6) is 0.532. The van der Waals surface area contributed by atoms with Gasteiger partial charge in [0.05, 0.1) is 0 Å². The Kier molecular flexibility index (Phi) is 4.07. The molecule has 2 unspecified atom stereocenters. The first-order valence-electron chi connectivity index (χ1n) is 7.39. The van der Waals surface area contributed by atoms with Crippen LogP contribution < -0.4 is 5.32 Å². The first-order chi connectivity index (χ1) is 9.30. The molecular formula is C17H26N2O. The van der Waals surface area contributed by atoms with E-state index < -0.39 is 0 Å². The normalized spacial score (nSPS) is 19.1. The lowest BCUT2D eigenvalue weighted by atomic mass is 9.86. The summed E-state index contributed by atoms with van der Waals surface area (Å²) in [6, 6.07) is 8.52. The van der Waals surface area contributed by atoms with Crippen LogP contribution in [0.3, 0.4) is 0 Å². The molecule has 1 amide bonds. The zero-order chi connectivity index (χ0) is 14.9. The number of anilines is 1. The van der Waals surface area contributed by atoms with Crippen molar-refractivity contribution in [2.24, 2.45) is 5.41 Å². The van der Waals surface area contributed by atoms with E-state index in [1.54, 1.807) is 0 Å². The molecule has 0 spiro atoms. The van der Waals surface area contributed by atoms with Gasteiger partial charge >= 0.3 is 0 Å². The minimum absolute atomic E-state index is 0.107. The number of amides is 1.